The number of nitro benzene ring substituents is 1. The summed E-state index contributed by atoms with van der Waals surface area (Å²) in [7, 11) is 0. The van der Waals surface area contributed by atoms with Gasteiger partial charge in [-0.3, -0.25) is 14.9 Å². The molecule has 0 bridgehead atoms. The fourth-order valence-corrected chi connectivity index (χ4v) is 5.15. The lowest BCUT2D eigenvalue weighted by Gasteiger charge is -2.38. The zero-order valence-electron chi connectivity index (χ0n) is 19.9. The first-order chi connectivity index (χ1) is 17.5. The first-order valence-corrected chi connectivity index (χ1v) is 12.5. The van der Waals surface area contributed by atoms with E-state index in [0.717, 1.165) is 18.8 Å². The minimum Gasteiger partial charge on any atom is -0.368 e. The Balaban J connectivity index is 1.28. The van der Waals surface area contributed by atoms with Crippen LogP contribution in [0.15, 0.2) is 72.8 Å². The van der Waals surface area contributed by atoms with Crippen LogP contribution >= 0.6 is 11.6 Å². The zero-order chi connectivity index (χ0) is 25.1. The number of halogens is 1. The predicted molar refractivity (Wildman–Crippen MR) is 144 cm³/mol. The van der Waals surface area contributed by atoms with Gasteiger partial charge in [0.2, 0.25) is 0 Å². The van der Waals surface area contributed by atoms with Crippen LogP contribution in [0.25, 0.3) is 0 Å². The Hall–Kier alpha value is -3.78. The Morgan fingerprint density at radius 1 is 0.722 bits per heavy atom. The molecule has 2 fully saturated rings. The summed E-state index contributed by atoms with van der Waals surface area (Å²) in [6.07, 6.45) is 0. The fraction of sp³-hybridized carbons (Fsp3) is 0.296. The molecule has 0 radical (unpaired) electrons. The van der Waals surface area contributed by atoms with Gasteiger partial charge in [0.25, 0.3) is 11.6 Å². The number of hydrogen-bond donors (Lipinski definition) is 0. The molecule has 36 heavy (non-hydrogen) atoms. The summed E-state index contributed by atoms with van der Waals surface area (Å²) in [5.74, 6) is -0.0686. The van der Waals surface area contributed by atoms with Crippen LogP contribution in [0.2, 0.25) is 5.02 Å². The van der Waals surface area contributed by atoms with E-state index >= 15 is 0 Å². The molecule has 186 valence electrons. The van der Waals surface area contributed by atoms with Crippen molar-refractivity contribution in [2.24, 2.45) is 0 Å². The van der Waals surface area contributed by atoms with Crippen molar-refractivity contribution in [3.63, 3.8) is 0 Å². The van der Waals surface area contributed by atoms with E-state index in [1.807, 2.05) is 47.4 Å². The van der Waals surface area contributed by atoms with Gasteiger partial charge < -0.3 is 19.6 Å². The van der Waals surface area contributed by atoms with Crippen molar-refractivity contribution in [3.05, 3.63) is 93.5 Å². The van der Waals surface area contributed by atoms with Crippen molar-refractivity contribution in [3.8, 4) is 0 Å². The standard InChI is InChI=1S/C27H28ClN5O3/c28-24-9-5-4-8-23(24)27(34)32-18-14-30(15-19-32)22-10-11-25(33(35)36)26(20-22)31-16-12-29(13-17-31)21-6-2-1-3-7-21/h1-11,20H,12-19H2. The maximum Gasteiger partial charge on any atom is 0.292 e. The lowest BCUT2D eigenvalue weighted by molar-refractivity contribution is -0.384. The number of carbonyl (C=O) groups excluding carboxylic acids is 1. The normalized spacial score (nSPS) is 16.2. The van der Waals surface area contributed by atoms with Gasteiger partial charge in [0.1, 0.15) is 5.69 Å². The van der Waals surface area contributed by atoms with Crippen molar-refractivity contribution in [2.45, 2.75) is 0 Å². The lowest BCUT2D eigenvalue weighted by atomic mass is 10.1. The minimum absolute atomic E-state index is 0.0686. The molecule has 0 saturated carbocycles. The molecular formula is C27H28ClN5O3. The molecule has 0 spiro atoms. The van der Waals surface area contributed by atoms with Gasteiger partial charge in [-0.05, 0) is 36.4 Å². The molecular weight excluding hydrogens is 478 g/mol. The maximum atomic E-state index is 12.9. The zero-order valence-corrected chi connectivity index (χ0v) is 20.7. The summed E-state index contributed by atoms with van der Waals surface area (Å²) < 4.78 is 0. The number of benzene rings is 3. The highest BCUT2D eigenvalue weighted by atomic mass is 35.5. The lowest BCUT2D eigenvalue weighted by Crippen LogP contribution is -2.49. The Morgan fingerprint density at radius 3 is 1.97 bits per heavy atom. The highest BCUT2D eigenvalue weighted by Crippen LogP contribution is 2.34. The maximum absolute atomic E-state index is 12.9. The number of carbonyl (C=O) groups is 1. The molecule has 2 heterocycles. The number of nitro groups is 1. The summed E-state index contributed by atoms with van der Waals surface area (Å²) in [5, 5.41) is 12.3. The number of nitrogens with zero attached hydrogens (tertiary/aromatic N) is 5. The van der Waals surface area contributed by atoms with E-state index in [9.17, 15) is 14.9 Å². The molecule has 0 aromatic heterocycles. The highest BCUT2D eigenvalue weighted by Gasteiger charge is 2.27. The largest absolute Gasteiger partial charge is 0.368 e. The van der Waals surface area contributed by atoms with Crippen molar-refractivity contribution < 1.29 is 9.72 Å². The third kappa shape index (κ3) is 4.95. The Kier molecular flexibility index (Phi) is 6.95. The van der Waals surface area contributed by atoms with Gasteiger partial charge in [-0.25, -0.2) is 0 Å². The van der Waals surface area contributed by atoms with Gasteiger partial charge in [-0.1, -0.05) is 41.9 Å². The molecule has 8 nitrogen and oxygen atoms in total. The highest BCUT2D eigenvalue weighted by molar-refractivity contribution is 6.33. The number of para-hydroxylation sites is 1. The summed E-state index contributed by atoms with van der Waals surface area (Å²) in [6, 6.07) is 22.7. The van der Waals surface area contributed by atoms with Crippen LogP contribution in [-0.4, -0.2) is 68.1 Å². The molecule has 0 atom stereocenters. The van der Waals surface area contributed by atoms with Crippen LogP contribution in [0.3, 0.4) is 0 Å². The second-order valence-electron chi connectivity index (χ2n) is 9.00. The van der Waals surface area contributed by atoms with Crippen molar-refractivity contribution in [1.82, 2.24) is 4.90 Å². The van der Waals surface area contributed by atoms with Crippen molar-refractivity contribution in [1.29, 1.82) is 0 Å². The van der Waals surface area contributed by atoms with E-state index in [1.165, 1.54) is 5.69 Å². The molecule has 2 aliphatic heterocycles. The summed E-state index contributed by atoms with van der Waals surface area (Å²) in [5.41, 5.74) is 3.40. The monoisotopic (exact) mass is 505 g/mol. The third-order valence-electron chi connectivity index (χ3n) is 6.93. The Bertz CT molecular complexity index is 1240. The van der Waals surface area contributed by atoms with Crippen LogP contribution in [0.4, 0.5) is 22.7 Å². The van der Waals surface area contributed by atoms with Crippen LogP contribution < -0.4 is 14.7 Å². The van der Waals surface area contributed by atoms with Crippen molar-refractivity contribution in [2.75, 3.05) is 67.1 Å². The molecule has 0 N–H and O–H groups in total. The van der Waals surface area contributed by atoms with Gasteiger partial charge in [-0.15, -0.1) is 0 Å². The van der Waals surface area contributed by atoms with Gasteiger partial charge in [-0.2, -0.15) is 0 Å². The topological polar surface area (TPSA) is 73.2 Å². The average Bonchev–Trinajstić information content (AvgIpc) is 2.93. The third-order valence-corrected chi connectivity index (χ3v) is 7.26. The fourth-order valence-electron chi connectivity index (χ4n) is 4.93. The molecule has 3 aromatic rings. The molecule has 3 aromatic carbocycles. The predicted octanol–water partition coefficient (Wildman–Crippen LogP) is 4.54. The minimum atomic E-state index is -0.303. The van der Waals surface area contributed by atoms with Crippen LogP contribution in [0, 0.1) is 10.1 Å². The molecule has 2 aliphatic rings. The number of amides is 1. The number of piperazine rings is 2. The Morgan fingerprint density at radius 2 is 1.31 bits per heavy atom. The first-order valence-electron chi connectivity index (χ1n) is 12.1. The number of anilines is 3. The molecule has 1 amide bonds. The molecule has 5 rings (SSSR count). The van der Waals surface area contributed by atoms with Gasteiger partial charge >= 0.3 is 0 Å². The Labute approximate surface area is 215 Å². The van der Waals surface area contributed by atoms with E-state index in [-0.39, 0.29) is 16.5 Å². The molecule has 2 saturated heterocycles. The van der Waals surface area contributed by atoms with Gasteiger partial charge in [0, 0.05) is 69.8 Å². The molecule has 9 heteroatoms. The summed E-state index contributed by atoms with van der Waals surface area (Å²) in [4.78, 5) is 32.8. The second kappa shape index (κ2) is 10.5. The van der Waals surface area contributed by atoms with E-state index < -0.39 is 0 Å². The van der Waals surface area contributed by atoms with Crippen molar-refractivity contribution >= 4 is 40.3 Å². The number of rotatable bonds is 5. The van der Waals surface area contributed by atoms with Crippen LogP contribution in [0.1, 0.15) is 10.4 Å². The van der Waals surface area contributed by atoms with Crippen LogP contribution in [-0.2, 0) is 0 Å². The van der Waals surface area contributed by atoms with E-state index in [1.54, 1.807) is 18.2 Å². The summed E-state index contributed by atoms with van der Waals surface area (Å²) in [6.45, 7) is 5.43. The first kappa shape index (κ1) is 23.9. The van der Waals surface area contributed by atoms with E-state index in [4.69, 9.17) is 11.6 Å². The van der Waals surface area contributed by atoms with E-state index in [2.05, 4.69) is 26.8 Å². The summed E-state index contributed by atoms with van der Waals surface area (Å²) >= 11 is 6.22. The quantitative estimate of drug-likeness (QED) is 0.374. The van der Waals surface area contributed by atoms with E-state index in [0.29, 0.717) is 55.5 Å². The van der Waals surface area contributed by atoms with Crippen LogP contribution in [0.5, 0.6) is 0 Å². The number of hydrogen-bond acceptors (Lipinski definition) is 6. The molecule has 0 unspecified atom stereocenters. The smallest absolute Gasteiger partial charge is 0.292 e. The SMILES string of the molecule is O=C(c1ccccc1Cl)N1CCN(c2ccc([N+](=O)[O-])c(N3CCN(c4ccccc4)CC3)c2)CC1. The van der Waals surface area contributed by atoms with Gasteiger partial charge in [0.05, 0.1) is 15.5 Å². The molecule has 0 aliphatic carbocycles. The second-order valence-corrected chi connectivity index (χ2v) is 9.41. The van der Waals surface area contributed by atoms with Gasteiger partial charge in [0.15, 0.2) is 0 Å². The average molecular weight is 506 g/mol.